The van der Waals surface area contributed by atoms with E-state index in [9.17, 15) is 0 Å². The van der Waals surface area contributed by atoms with E-state index in [0.717, 1.165) is 19.6 Å². The molecule has 10 heavy (non-hydrogen) atoms. The highest BCUT2D eigenvalue weighted by Crippen LogP contribution is 1.98. The van der Waals surface area contributed by atoms with Crippen molar-refractivity contribution in [3.05, 3.63) is 0 Å². The highest BCUT2D eigenvalue weighted by atomic mass is 16.5. The molecule has 0 heterocycles. The minimum Gasteiger partial charge on any atom is -0.377 e. The molecule has 0 rings (SSSR count). The summed E-state index contributed by atoms with van der Waals surface area (Å²) >= 11 is 0. The van der Waals surface area contributed by atoms with Gasteiger partial charge in [-0.1, -0.05) is 6.92 Å². The third-order valence-electron chi connectivity index (χ3n) is 1.43. The zero-order chi connectivity index (χ0) is 7.98. The fourth-order valence-electron chi connectivity index (χ4n) is 0.943. The van der Waals surface area contributed by atoms with Crippen LogP contribution in [0.2, 0.25) is 0 Å². The SMILES string of the molecule is CCOC(CC)CN(C)C. The van der Waals surface area contributed by atoms with Crippen LogP contribution >= 0.6 is 0 Å². The maximum absolute atomic E-state index is 5.46. The Morgan fingerprint density at radius 3 is 2.20 bits per heavy atom. The Bertz CT molecular complexity index is 73.7. The van der Waals surface area contributed by atoms with Crippen molar-refractivity contribution in [1.82, 2.24) is 4.90 Å². The van der Waals surface area contributed by atoms with Gasteiger partial charge in [-0.05, 0) is 27.4 Å². The first-order valence-corrected chi connectivity index (χ1v) is 3.97. The lowest BCUT2D eigenvalue weighted by Crippen LogP contribution is -2.27. The summed E-state index contributed by atoms with van der Waals surface area (Å²) in [5.74, 6) is 0. The Morgan fingerprint density at radius 2 is 1.90 bits per heavy atom. The van der Waals surface area contributed by atoms with E-state index >= 15 is 0 Å². The summed E-state index contributed by atoms with van der Waals surface area (Å²) in [6, 6.07) is 0. The van der Waals surface area contributed by atoms with Gasteiger partial charge in [0.15, 0.2) is 0 Å². The lowest BCUT2D eigenvalue weighted by molar-refractivity contribution is 0.0419. The first kappa shape index (κ1) is 9.92. The van der Waals surface area contributed by atoms with Crippen LogP contribution in [0.3, 0.4) is 0 Å². The molecule has 0 radical (unpaired) electrons. The Morgan fingerprint density at radius 1 is 1.30 bits per heavy atom. The first-order valence-electron chi connectivity index (χ1n) is 3.97. The molecule has 0 aliphatic carbocycles. The van der Waals surface area contributed by atoms with Crippen molar-refractivity contribution in [3.63, 3.8) is 0 Å². The lowest BCUT2D eigenvalue weighted by Gasteiger charge is -2.18. The van der Waals surface area contributed by atoms with Gasteiger partial charge in [-0.2, -0.15) is 0 Å². The van der Waals surface area contributed by atoms with E-state index in [1.165, 1.54) is 0 Å². The zero-order valence-corrected chi connectivity index (χ0v) is 7.55. The summed E-state index contributed by atoms with van der Waals surface area (Å²) in [6.45, 7) is 6.05. The second kappa shape index (κ2) is 5.69. The maximum Gasteiger partial charge on any atom is 0.0698 e. The topological polar surface area (TPSA) is 12.5 Å². The molecule has 0 aromatic carbocycles. The monoisotopic (exact) mass is 145 g/mol. The molecule has 0 spiro atoms. The summed E-state index contributed by atoms with van der Waals surface area (Å²) < 4.78 is 5.46. The van der Waals surface area contributed by atoms with Gasteiger partial charge in [0.05, 0.1) is 6.10 Å². The highest BCUT2D eigenvalue weighted by Gasteiger charge is 2.05. The van der Waals surface area contributed by atoms with E-state index in [2.05, 4.69) is 25.9 Å². The molecule has 0 saturated heterocycles. The smallest absolute Gasteiger partial charge is 0.0698 e. The third-order valence-corrected chi connectivity index (χ3v) is 1.43. The van der Waals surface area contributed by atoms with Gasteiger partial charge in [0.2, 0.25) is 0 Å². The Hall–Kier alpha value is -0.0800. The Kier molecular flexibility index (Phi) is 5.64. The summed E-state index contributed by atoms with van der Waals surface area (Å²) in [5, 5.41) is 0. The minimum absolute atomic E-state index is 0.417. The molecular weight excluding hydrogens is 126 g/mol. The number of ether oxygens (including phenoxy) is 1. The van der Waals surface area contributed by atoms with Crippen LogP contribution in [0.1, 0.15) is 20.3 Å². The van der Waals surface area contributed by atoms with Crippen LogP contribution in [0.15, 0.2) is 0 Å². The molecule has 0 bridgehead atoms. The molecule has 0 amide bonds. The predicted octanol–water partition coefficient (Wildman–Crippen LogP) is 1.36. The molecular formula is C8H19NO. The van der Waals surface area contributed by atoms with Gasteiger partial charge >= 0.3 is 0 Å². The van der Waals surface area contributed by atoms with Gasteiger partial charge in [0.25, 0.3) is 0 Å². The number of hydrogen-bond donors (Lipinski definition) is 0. The largest absolute Gasteiger partial charge is 0.377 e. The number of likely N-dealkylation sites (N-methyl/N-ethyl adjacent to an activating group) is 1. The molecule has 0 aliphatic rings. The summed E-state index contributed by atoms with van der Waals surface area (Å²) in [4.78, 5) is 2.16. The van der Waals surface area contributed by atoms with Crippen molar-refractivity contribution in [2.24, 2.45) is 0 Å². The molecule has 1 unspecified atom stereocenters. The predicted molar refractivity (Wildman–Crippen MR) is 44.3 cm³/mol. The van der Waals surface area contributed by atoms with Gasteiger partial charge in [0.1, 0.15) is 0 Å². The highest BCUT2D eigenvalue weighted by molar-refractivity contribution is 4.57. The Labute approximate surface area is 64.2 Å². The van der Waals surface area contributed by atoms with Crippen LogP contribution in [0, 0.1) is 0 Å². The van der Waals surface area contributed by atoms with Crippen molar-refractivity contribution in [1.29, 1.82) is 0 Å². The van der Waals surface area contributed by atoms with Gasteiger partial charge in [0, 0.05) is 13.2 Å². The van der Waals surface area contributed by atoms with Crippen LogP contribution < -0.4 is 0 Å². The summed E-state index contributed by atoms with van der Waals surface area (Å²) in [5.41, 5.74) is 0. The molecule has 1 atom stereocenters. The summed E-state index contributed by atoms with van der Waals surface area (Å²) in [7, 11) is 4.14. The first-order chi connectivity index (χ1) is 4.70. The maximum atomic E-state index is 5.46. The number of nitrogens with zero attached hydrogens (tertiary/aromatic N) is 1. The molecule has 2 heteroatoms. The van der Waals surface area contributed by atoms with Gasteiger partial charge in [-0.25, -0.2) is 0 Å². The van der Waals surface area contributed by atoms with Crippen molar-refractivity contribution >= 4 is 0 Å². The van der Waals surface area contributed by atoms with Crippen LogP contribution in [0.5, 0.6) is 0 Å². The summed E-state index contributed by atoms with van der Waals surface area (Å²) in [6.07, 6.45) is 1.52. The lowest BCUT2D eigenvalue weighted by atomic mass is 10.2. The zero-order valence-electron chi connectivity index (χ0n) is 7.55. The Balaban J connectivity index is 3.39. The van der Waals surface area contributed by atoms with Crippen LogP contribution in [0.4, 0.5) is 0 Å². The van der Waals surface area contributed by atoms with Gasteiger partial charge in [-0.3, -0.25) is 0 Å². The third kappa shape index (κ3) is 4.77. The van der Waals surface area contributed by atoms with Gasteiger partial charge < -0.3 is 9.64 Å². The van der Waals surface area contributed by atoms with Gasteiger partial charge in [-0.15, -0.1) is 0 Å². The van der Waals surface area contributed by atoms with Crippen molar-refractivity contribution in [3.8, 4) is 0 Å². The van der Waals surface area contributed by atoms with E-state index in [0.29, 0.717) is 6.10 Å². The van der Waals surface area contributed by atoms with E-state index in [4.69, 9.17) is 4.74 Å². The molecule has 0 aromatic rings. The standard InChI is InChI=1S/C8H19NO/c1-5-8(10-6-2)7-9(3)4/h8H,5-7H2,1-4H3. The van der Waals surface area contributed by atoms with Crippen molar-refractivity contribution in [2.75, 3.05) is 27.2 Å². The quantitative estimate of drug-likeness (QED) is 0.579. The number of rotatable bonds is 5. The van der Waals surface area contributed by atoms with Crippen LogP contribution in [0.25, 0.3) is 0 Å². The van der Waals surface area contributed by atoms with E-state index in [1.807, 2.05) is 6.92 Å². The van der Waals surface area contributed by atoms with E-state index in [1.54, 1.807) is 0 Å². The molecule has 0 N–H and O–H groups in total. The van der Waals surface area contributed by atoms with Crippen LogP contribution in [-0.4, -0.2) is 38.3 Å². The van der Waals surface area contributed by atoms with Crippen molar-refractivity contribution < 1.29 is 4.74 Å². The van der Waals surface area contributed by atoms with Crippen molar-refractivity contribution in [2.45, 2.75) is 26.4 Å². The average molecular weight is 145 g/mol. The second-order valence-electron chi connectivity index (χ2n) is 2.75. The van der Waals surface area contributed by atoms with Crippen LogP contribution in [-0.2, 0) is 4.74 Å². The molecule has 0 saturated carbocycles. The number of hydrogen-bond acceptors (Lipinski definition) is 2. The molecule has 62 valence electrons. The normalized spacial score (nSPS) is 14.1. The second-order valence-corrected chi connectivity index (χ2v) is 2.75. The van der Waals surface area contributed by atoms with E-state index in [-0.39, 0.29) is 0 Å². The fraction of sp³-hybridized carbons (Fsp3) is 1.00. The molecule has 2 nitrogen and oxygen atoms in total. The molecule has 0 fully saturated rings. The molecule has 0 aliphatic heterocycles. The minimum atomic E-state index is 0.417. The van der Waals surface area contributed by atoms with E-state index < -0.39 is 0 Å². The average Bonchev–Trinajstić information content (AvgIpc) is 1.86. The molecule has 0 aromatic heterocycles. The fourth-order valence-corrected chi connectivity index (χ4v) is 0.943.